The van der Waals surface area contributed by atoms with E-state index in [0.29, 0.717) is 18.0 Å². The highest BCUT2D eigenvalue weighted by atomic mass is 19.1. The van der Waals surface area contributed by atoms with Crippen LogP contribution in [0.2, 0.25) is 0 Å². The second-order valence-corrected chi connectivity index (χ2v) is 9.53. The van der Waals surface area contributed by atoms with Crippen LogP contribution in [-0.2, 0) is 0 Å². The molecule has 1 saturated heterocycles. The molecule has 1 fully saturated rings. The third-order valence-electron chi connectivity index (χ3n) is 6.68. The highest BCUT2D eigenvalue weighted by Gasteiger charge is 2.27. The van der Waals surface area contributed by atoms with Crippen molar-refractivity contribution in [3.8, 4) is 0 Å². The van der Waals surface area contributed by atoms with Crippen LogP contribution in [0.4, 0.5) is 8.78 Å². The fourth-order valence-electron chi connectivity index (χ4n) is 4.62. The molecule has 2 heterocycles. The van der Waals surface area contributed by atoms with Crippen molar-refractivity contribution in [2.45, 2.75) is 52.9 Å². The van der Waals surface area contributed by atoms with Gasteiger partial charge in [-0.1, -0.05) is 58.5 Å². The first-order valence-corrected chi connectivity index (χ1v) is 12.8. The van der Waals surface area contributed by atoms with Crippen molar-refractivity contribution < 1.29 is 8.78 Å². The van der Waals surface area contributed by atoms with Crippen molar-refractivity contribution in [1.29, 1.82) is 0 Å². The van der Waals surface area contributed by atoms with Crippen molar-refractivity contribution in [2.24, 2.45) is 5.92 Å². The molecular formula is C30H38F2N4. The Kier molecular flexibility index (Phi) is 9.57. The molecule has 4 nitrogen and oxygen atoms in total. The summed E-state index contributed by atoms with van der Waals surface area (Å²) < 4.78 is 27.4. The first-order chi connectivity index (χ1) is 17.2. The molecule has 1 aliphatic rings. The number of nitrogens with one attached hydrogen (secondary N) is 1. The SMILES string of the molecule is C=C(NCC(=C)N1CCC(C(C)c2ccc(F)cc2F)CC1)c1nc2ccccc2nc1C.CCC. The summed E-state index contributed by atoms with van der Waals surface area (Å²) in [6, 6.07) is 11.7. The molecule has 1 aromatic heterocycles. The largest absolute Gasteiger partial charge is 0.378 e. The van der Waals surface area contributed by atoms with Gasteiger partial charge in [0, 0.05) is 24.9 Å². The van der Waals surface area contributed by atoms with E-state index in [9.17, 15) is 8.78 Å². The zero-order valence-corrected chi connectivity index (χ0v) is 22.0. The van der Waals surface area contributed by atoms with Crippen LogP contribution in [0.15, 0.2) is 61.3 Å². The van der Waals surface area contributed by atoms with Crippen LogP contribution in [0.5, 0.6) is 0 Å². The number of nitrogens with zero attached hydrogens (tertiary/aromatic N) is 3. The topological polar surface area (TPSA) is 41.0 Å². The second kappa shape index (κ2) is 12.6. The normalized spacial score (nSPS) is 14.7. The maximum Gasteiger partial charge on any atom is 0.129 e. The van der Waals surface area contributed by atoms with Crippen LogP contribution >= 0.6 is 0 Å². The number of hydrogen-bond acceptors (Lipinski definition) is 4. The minimum absolute atomic E-state index is 0.0494. The molecule has 0 saturated carbocycles. The molecule has 1 aliphatic heterocycles. The molecule has 1 unspecified atom stereocenters. The van der Waals surface area contributed by atoms with Gasteiger partial charge in [0.15, 0.2) is 0 Å². The molecule has 6 heteroatoms. The molecule has 1 N–H and O–H groups in total. The van der Waals surface area contributed by atoms with Gasteiger partial charge in [-0.05, 0) is 55.4 Å². The van der Waals surface area contributed by atoms with Crippen LogP contribution < -0.4 is 5.32 Å². The molecule has 192 valence electrons. The molecule has 3 aromatic rings. The van der Waals surface area contributed by atoms with E-state index in [1.165, 1.54) is 12.5 Å². The first kappa shape index (κ1) is 27.3. The number of rotatable bonds is 7. The fourth-order valence-corrected chi connectivity index (χ4v) is 4.62. The van der Waals surface area contributed by atoms with Gasteiger partial charge in [0.25, 0.3) is 0 Å². The van der Waals surface area contributed by atoms with E-state index < -0.39 is 11.6 Å². The van der Waals surface area contributed by atoms with E-state index >= 15 is 0 Å². The predicted molar refractivity (Wildman–Crippen MR) is 145 cm³/mol. The van der Waals surface area contributed by atoms with Crippen molar-refractivity contribution in [2.75, 3.05) is 19.6 Å². The number of para-hydroxylation sites is 2. The predicted octanol–water partition coefficient (Wildman–Crippen LogP) is 7.22. The van der Waals surface area contributed by atoms with E-state index in [1.54, 1.807) is 6.07 Å². The lowest BCUT2D eigenvalue weighted by Crippen LogP contribution is -2.37. The van der Waals surface area contributed by atoms with Gasteiger partial charge in [-0.25, -0.2) is 18.7 Å². The smallest absolute Gasteiger partial charge is 0.129 e. The van der Waals surface area contributed by atoms with Crippen LogP contribution in [0.25, 0.3) is 16.7 Å². The summed E-state index contributed by atoms with van der Waals surface area (Å²) in [7, 11) is 0. The van der Waals surface area contributed by atoms with E-state index in [1.807, 2.05) is 38.1 Å². The number of piperidine rings is 1. The zero-order valence-electron chi connectivity index (χ0n) is 22.0. The molecule has 0 spiro atoms. The molecule has 0 aliphatic carbocycles. The number of aryl methyl sites for hydroxylation is 1. The summed E-state index contributed by atoms with van der Waals surface area (Å²) in [5, 5.41) is 3.35. The highest BCUT2D eigenvalue weighted by Crippen LogP contribution is 2.34. The van der Waals surface area contributed by atoms with Crippen molar-refractivity contribution in [1.82, 2.24) is 20.2 Å². The minimum atomic E-state index is -0.534. The van der Waals surface area contributed by atoms with Gasteiger partial charge in [0.2, 0.25) is 0 Å². The van der Waals surface area contributed by atoms with Crippen molar-refractivity contribution in [3.05, 3.63) is 89.9 Å². The third-order valence-corrected chi connectivity index (χ3v) is 6.68. The summed E-state index contributed by atoms with van der Waals surface area (Å²) >= 11 is 0. The number of benzene rings is 2. The molecular weight excluding hydrogens is 454 g/mol. The molecule has 2 aromatic carbocycles. The molecule has 36 heavy (non-hydrogen) atoms. The lowest BCUT2D eigenvalue weighted by atomic mass is 9.81. The summed E-state index contributed by atoms with van der Waals surface area (Å²) in [6.45, 7) is 18.9. The Hall–Kier alpha value is -3.28. The van der Waals surface area contributed by atoms with E-state index in [4.69, 9.17) is 4.98 Å². The van der Waals surface area contributed by atoms with Gasteiger partial charge in [-0.3, -0.25) is 0 Å². The second-order valence-electron chi connectivity index (χ2n) is 9.53. The first-order valence-electron chi connectivity index (χ1n) is 12.8. The Morgan fingerprint density at radius 2 is 1.67 bits per heavy atom. The van der Waals surface area contributed by atoms with E-state index in [-0.39, 0.29) is 5.92 Å². The number of aromatic nitrogens is 2. The molecule has 0 amide bonds. The van der Waals surface area contributed by atoms with E-state index in [2.05, 4.69) is 42.2 Å². The van der Waals surface area contributed by atoms with Crippen LogP contribution in [-0.4, -0.2) is 34.5 Å². The monoisotopic (exact) mass is 492 g/mol. The molecule has 0 radical (unpaired) electrons. The average molecular weight is 493 g/mol. The number of fused-ring (bicyclic) bond motifs is 1. The van der Waals surface area contributed by atoms with Crippen LogP contribution in [0, 0.1) is 24.5 Å². The summed E-state index contributed by atoms with van der Waals surface area (Å²) in [4.78, 5) is 11.6. The van der Waals surface area contributed by atoms with Crippen molar-refractivity contribution in [3.63, 3.8) is 0 Å². The minimum Gasteiger partial charge on any atom is -0.378 e. The fraction of sp³-hybridized carbons (Fsp3) is 0.400. The number of likely N-dealkylation sites (tertiary alicyclic amines) is 1. The number of hydrogen-bond donors (Lipinski definition) is 1. The van der Waals surface area contributed by atoms with Crippen molar-refractivity contribution >= 4 is 16.7 Å². The van der Waals surface area contributed by atoms with Gasteiger partial charge in [-0.2, -0.15) is 0 Å². The maximum absolute atomic E-state index is 14.2. The van der Waals surface area contributed by atoms with Gasteiger partial charge in [0.05, 0.1) is 29.0 Å². The van der Waals surface area contributed by atoms with Gasteiger partial charge < -0.3 is 10.2 Å². The molecule has 0 bridgehead atoms. The average Bonchev–Trinajstić information content (AvgIpc) is 2.87. The van der Waals surface area contributed by atoms with Crippen LogP contribution in [0.3, 0.4) is 0 Å². The van der Waals surface area contributed by atoms with E-state index in [0.717, 1.165) is 65.8 Å². The van der Waals surface area contributed by atoms with Gasteiger partial charge in [-0.15, -0.1) is 0 Å². The van der Waals surface area contributed by atoms with Gasteiger partial charge >= 0.3 is 0 Å². The highest BCUT2D eigenvalue weighted by molar-refractivity contribution is 5.77. The Morgan fingerprint density at radius 1 is 1.06 bits per heavy atom. The van der Waals surface area contributed by atoms with Crippen LogP contribution in [0.1, 0.15) is 62.9 Å². The summed E-state index contributed by atoms with van der Waals surface area (Å²) in [6.07, 6.45) is 3.13. The Labute approximate surface area is 214 Å². The lowest BCUT2D eigenvalue weighted by Gasteiger charge is -2.37. The standard InChI is InChI=1S/C27H30F2N4.C3H8/c1-17(16-30-19(3)27-20(4)31-25-7-5-6-8-26(25)32-27)33-13-11-21(12-14-33)18(2)23-10-9-22(28)15-24(23)29;1-3-2/h5-10,15,18,21,30H,1,3,11-14,16H2,2,4H3;3H2,1-2H3. The Morgan fingerprint density at radius 3 is 2.28 bits per heavy atom. The Bertz CT molecular complexity index is 1200. The quantitative estimate of drug-likeness (QED) is 0.378. The Balaban J connectivity index is 0.00000115. The third kappa shape index (κ3) is 6.68. The molecule has 4 rings (SSSR count). The zero-order chi connectivity index (χ0) is 26.2. The summed E-state index contributed by atoms with van der Waals surface area (Å²) in [5.41, 5.74) is 5.61. The molecule has 1 atom stereocenters. The lowest BCUT2D eigenvalue weighted by molar-refractivity contribution is 0.205. The van der Waals surface area contributed by atoms with Gasteiger partial charge in [0.1, 0.15) is 17.3 Å². The number of halogens is 2. The summed E-state index contributed by atoms with van der Waals surface area (Å²) in [5.74, 6) is -0.585. The maximum atomic E-state index is 14.2.